The number of nitrogens with zero attached hydrogens (tertiary/aromatic N) is 3. The highest BCUT2D eigenvalue weighted by molar-refractivity contribution is 6.01. The second-order valence-corrected chi connectivity index (χ2v) is 4.50. The SMILES string of the molecule is N/C(=N\O)c1cccnc1N1CCCC(CO)C1. The Labute approximate surface area is 106 Å². The first-order chi connectivity index (χ1) is 8.76. The molecular formula is C12H18N4O2. The zero-order valence-electron chi connectivity index (χ0n) is 10.2. The standard InChI is InChI=1S/C12H18N4O2/c13-11(15-18)10-4-1-5-14-12(10)16-6-2-3-9(7-16)8-17/h1,4-5,9,17-18H,2-3,6-8H2,(H2,13,15). The molecule has 18 heavy (non-hydrogen) atoms. The van der Waals surface area contributed by atoms with Gasteiger partial charge in [0.1, 0.15) is 5.82 Å². The van der Waals surface area contributed by atoms with E-state index in [1.165, 1.54) is 0 Å². The number of hydrogen-bond acceptors (Lipinski definition) is 5. The van der Waals surface area contributed by atoms with Gasteiger partial charge in [0.15, 0.2) is 5.84 Å². The zero-order chi connectivity index (χ0) is 13.0. The maximum atomic E-state index is 9.24. The number of oxime groups is 1. The minimum Gasteiger partial charge on any atom is -0.409 e. The van der Waals surface area contributed by atoms with E-state index in [-0.39, 0.29) is 18.4 Å². The highest BCUT2D eigenvalue weighted by Crippen LogP contribution is 2.24. The second-order valence-electron chi connectivity index (χ2n) is 4.50. The summed E-state index contributed by atoms with van der Waals surface area (Å²) in [7, 11) is 0. The van der Waals surface area contributed by atoms with Gasteiger partial charge in [0, 0.05) is 25.9 Å². The van der Waals surface area contributed by atoms with Crippen molar-refractivity contribution in [2.45, 2.75) is 12.8 Å². The van der Waals surface area contributed by atoms with Crippen molar-refractivity contribution in [1.29, 1.82) is 0 Å². The summed E-state index contributed by atoms with van der Waals surface area (Å²) in [5, 5.41) is 21.1. The van der Waals surface area contributed by atoms with Crippen molar-refractivity contribution >= 4 is 11.7 Å². The first kappa shape index (κ1) is 12.6. The van der Waals surface area contributed by atoms with Crippen LogP contribution in [0.3, 0.4) is 0 Å². The van der Waals surface area contributed by atoms with Crippen molar-refractivity contribution in [1.82, 2.24) is 4.98 Å². The number of anilines is 1. The van der Waals surface area contributed by atoms with E-state index in [9.17, 15) is 5.11 Å². The summed E-state index contributed by atoms with van der Waals surface area (Å²) in [5.41, 5.74) is 6.28. The van der Waals surface area contributed by atoms with Gasteiger partial charge in [0.25, 0.3) is 0 Å². The third-order valence-electron chi connectivity index (χ3n) is 3.25. The molecule has 98 valence electrons. The van der Waals surface area contributed by atoms with E-state index in [1.807, 2.05) is 0 Å². The number of aromatic nitrogens is 1. The Kier molecular flexibility index (Phi) is 3.99. The van der Waals surface area contributed by atoms with Gasteiger partial charge in [-0.1, -0.05) is 5.16 Å². The number of pyridine rings is 1. The molecule has 0 spiro atoms. The number of rotatable bonds is 3. The minimum absolute atomic E-state index is 0.0595. The van der Waals surface area contributed by atoms with Crippen molar-refractivity contribution < 1.29 is 10.3 Å². The lowest BCUT2D eigenvalue weighted by Gasteiger charge is -2.33. The average Bonchev–Trinajstić information content (AvgIpc) is 2.46. The van der Waals surface area contributed by atoms with E-state index in [2.05, 4.69) is 15.0 Å². The Morgan fingerprint density at radius 1 is 1.61 bits per heavy atom. The maximum Gasteiger partial charge on any atom is 0.173 e. The van der Waals surface area contributed by atoms with E-state index >= 15 is 0 Å². The third kappa shape index (κ3) is 2.53. The number of aliphatic hydroxyl groups is 1. The van der Waals surface area contributed by atoms with Crippen molar-refractivity contribution in [3.8, 4) is 0 Å². The second kappa shape index (κ2) is 5.68. The Hall–Kier alpha value is -1.82. The Morgan fingerprint density at radius 3 is 3.17 bits per heavy atom. The van der Waals surface area contributed by atoms with Gasteiger partial charge in [-0.25, -0.2) is 4.98 Å². The Bertz CT molecular complexity index is 436. The molecule has 4 N–H and O–H groups in total. The van der Waals surface area contributed by atoms with Crippen LogP contribution in [0.2, 0.25) is 0 Å². The molecule has 1 aliphatic rings. The molecule has 0 aliphatic carbocycles. The van der Waals surface area contributed by atoms with Gasteiger partial charge in [-0.3, -0.25) is 0 Å². The van der Waals surface area contributed by atoms with Crippen LogP contribution >= 0.6 is 0 Å². The number of nitrogens with two attached hydrogens (primary N) is 1. The summed E-state index contributed by atoms with van der Waals surface area (Å²) in [6.07, 6.45) is 3.72. The Morgan fingerprint density at radius 2 is 2.44 bits per heavy atom. The Balaban J connectivity index is 2.27. The molecule has 2 heterocycles. The molecule has 0 bridgehead atoms. The zero-order valence-corrected chi connectivity index (χ0v) is 10.2. The topological polar surface area (TPSA) is 95.0 Å². The quantitative estimate of drug-likeness (QED) is 0.312. The normalized spacial score (nSPS) is 21.1. The van der Waals surface area contributed by atoms with E-state index in [0.717, 1.165) is 25.9 Å². The van der Waals surface area contributed by atoms with E-state index in [0.29, 0.717) is 11.4 Å². The van der Waals surface area contributed by atoms with Gasteiger partial charge in [0.2, 0.25) is 0 Å². The molecule has 0 radical (unpaired) electrons. The van der Waals surface area contributed by atoms with E-state index in [1.54, 1.807) is 18.3 Å². The molecule has 2 rings (SSSR count). The van der Waals surface area contributed by atoms with Crippen LogP contribution in [-0.4, -0.2) is 40.8 Å². The van der Waals surface area contributed by atoms with Crippen LogP contribution in [0.15, 0.2) is 23.5 Å². The van der Waals surface area contributed by atoms with Crippen LogP contribution in [0.5, 0.6) is 0 Å². The molecule has 1 saturated heterocycles. The molecule has 6 nitrogen and oxygen atoms in total. The summed E-state index contributed by atoms with van der Waals surface area (Å²) < 4.78 is 0. The molecule has 0 aromatic carbocycles. The van der Waals surface area contributed by atoms with E-state index in [4.69, 9.17) is 10.9 Å². The summed E-state index contributed by atoms with van der Waals surface area (Å²) in [4.78, 5) is 6.39. The summed E-state index contributed by atoms with van der Waals surface area (Å²) in [6.45, 7) is 1.81. The lowest BCUT2D eigenvalue weighted by Crippen LogP contribution is -2.38. The van der Waals surface area contributed by atoms with Gasteiger partial charge >= 0.3 is 0 Å². The summed E-state index contributed by atoms with van der Waals surface area (Å²) in [6, 6.07) is 3.53. The number of aliphatic hydroxyl groups excluding tert-OH is 1. The summed E-state index contributed by atoms with van der Waals surface area (Å²) >= 11 is 0. The molecule has 1 fully saturated rings. The van der Waals surface area contributed by atoms with Crippen molar-refractivity contribution in [2.24, 2.45) is 16.8 Å². The fourth-order valence-electron chi connectivity index (χ4n) is 2.31. The highest BCUT2D eigenvalue weighted by atomic mass is 16.4. The van der Waals surface area contributed by atoms with E-state index < -0.39 is 0 Å². The molecule has 1 aliphatic heterocycles. The molecule has 6 heteroatoms. The molecule has 0 amide bonds. The first-order valence-corrected chi connectivity index (χ1v) is 6.05. The fraction of sp³-hybridized carbons (Fsp3) is 0.500. The van der Waals surface area contributed by atoms with Crippen LogP contribution in [0.1, 0.15) is 18.4 Å². The largest absolute Gasteiger partial charge is 0.409 e. The molecular weight excluding hydrogens is 232 g/mol. The van der Waals surface area contributed by atoms with Crippen LogP contribution in [-0.2, 0) is 0 Å². The van der Waals surface area contributed by atoms with Gasteiger partial charge in [-0.2, -0.15) is 0 Å². The number of piperidine rings is 1. The van der Waals surface area contributed by atoms with Crippen molar-refractivity contribution in [3.05, 3.63) is 23.9 Å². The van der Waals surface area contributed by atoms with Crippen molar-refractivity contribution in [2.75, 3.05) is 24.6 Å². The van der Waals surface area contributed by atoms with Crippen LogP contribution < -0.4 is 10.6 Å². The summed E-state index contributed by atoms with van der Waals surface area (Å²) in [5.74, 6) is 1.04. The number of amidine groups is 1. The van der Waals surface area contributed by atoms with Crippen LogP contribution in [0.25, 0.3) is 0 Å². The van der Waals surface area contributed by atoms with Gasteiger partial charge < -0.3 is 20.9 Å². The predicted molar refractivity (Wildman–Crippen MR) is 68.8 cm³/mol. The van der Waals surface area contributed by atoms with Gasteiger partial charge in [0.05, 0.1) is 5.56 Å². The first-order valence-electron chi connectivity index (χ1n) is 6.05. The third-order valence-corrected chi connectivity index (χ3v) is 3.25. The number of hydrogen-bond donors (Lipinski definition) is 3. The van der Waals surface area contributed by atoms with Gasteiger partial charge in [-0.15, -0.1) is 0 Å². The minimum atomic E-state index is 0.0595. The van der Waals surface area contributed by atoms with Crippen molar-refractivity contribution in [3.63, 3.8) is 0 Å². The van der Waals surface area contributed by atoms with Crippen LogP contribution in [0, 0.1) is 5.92 Å². The smallest absolute Gasteiger partial charge is 0.173 e. The molecule has 1 aromatic heterocycles. The molecule has 0 saturated carbocycles. The molecule has 1 atom stereocenters. The fourth-order valence-corrected chi connectivity index (χ4v) is 2.31. The average molecular weight is 250 g/mol. The lowest BCUT2D eigenvalue weighted by atomic mass is 9.98. The maximum absolute atomic E-state index is 9.24. The molecule has 1 unspecified atom stereocenters. The molecule has 1 aromatic rings. The van der Waals surface area contributed by atoms with Gasteiger partial charge in [-0.05, 0) is 30.9 Å². The predicted octanol–water partition coefficient (Wildman–Crippen LogP) is 0.385. The van der Waals surface area contributed by atoms with Crippen LogP contribution in [0.4, 0.5) is 5.82 Å². The monoisotopic (exact) mass is 250 g/mol. The highest BCUT2D eigenvalue weighted by Gasteiger charge is 2.22. The lowest BCUT2D eigenvalue weighted by molar-refractivity contribution is 0.208.